The van der Waals surface area contributed by atoms with Gasteiger partial charge in [-0.15, -0.1) is 0 Å². The van der Waals surface area contributed by atoms with Gasteiger partial charge in [-0.2, -0.15) is 0 Å². The average molecular weight is 233 g/mol. The van der Waals surface area contributed by atoms with Crippen LogP contribution < -0.4 is 5.32 Å². The summed E-state index contributed by atoms with van der Waals surface area (Å²) in [6, 6.07) is 11.5. The first-order valence-electron chi connectivity index (χ1n) is 6.99. The highest BCUT2D eigenvalue weighted by Crippen LogP contribution is 2.29. The minimum atomic E-state index is 0.595. The van der Waals surface area contributed by atoms with E-state index in [0.29, 0.717) is 17.9 Å². The summed E-state index contributed by atoms with van der Waals surface area (Å²) in [6.07, 6.45) is 2.40. The van der Waals surface area contributed by atoms with Gasteiger partial charge in [-0.3, -0.25) is 0 Å². The highest BCUT2D eigenvalue weighted by Gasteiger charge is 2.23. The first kappa shape index (κ1) is 14.2. The van der Waals surface area contributed by atoms with Gasteiger partial charge in [0.05, 0.1) is 0 Å². The molecular formula is C16H27N. The van der Waals surface area contributed by atoms with Crippen LogP contribution in [0.1, 0.15) is 52.0 Å². The van der Waals surface area contributed by atoms with Crippen LogP contribution in [0.5, 0.6) is 0 Å². The van der Waals surface area contributed by atoms with Crippen LogP contribution in [-0.2, 0) is 0 Å². The lowest BCUT2D eigenvalue weighted by Gasteiger charge is -2.31. The van der Waals surface area contributed by atoms with E-state index in [4.69, 9.17) is 0 Å². The molecule has 0 bridgehead atoms. The largest absolute Gasteiger partial charge is 0.313 e. The molecule has 2 unspecified atom stereocenters. The van der Waals surface area contributed by atoms with Crippen LogP contribution in [0.2, 0.25) is 0 Å². The van der Waals surface area contributed by atoms with Crippen molar-refractivity contribution in [2.24, 2.45) is 5.92 Å². The summed E-state index contributed by atoms with van der Waals surface area (Å²) in [5.74, 6) is 1.29. The Morgan fingerprint density at radius 1 is 1.06 bits per heavy atom. The van der Waals surface area contributed by atoms with Gasteiger partial charge < -0.3 is 5.32 Å². The van der Waals surface area contributed by atoms with Crippen LogP contribution >= 0.6 is 0 Å². The minimum absolute atomic E-state index is 0.595. The van der Waals surface area contributed by atoms with Gasteiger partial charge >= 0.3 is 0 Å². The molecule has 0 heterocycles. The molecular weight excluding hydrogens is 206 g/mol. The molecule has 0 saturated carbocycles. The third kappa shape index (κ3) is 4.16. The number of benzene rings is 1. The predicted octanol–water partition coefficient (Wildman–Crippen LogP) is 4.20. The Labute approximate surface area is 107 Å². The van der Waals surface area contributed by atoms with Crippen molar-refractivity contribution in [1.82, 2.24) is 5.32 Å². The lowest BCUT2D eigenvalue weighted by Crippen LogP contribution is -2.37. The standard InChI is InChI=1S/C16H27N/c1-5-12-17-15(6-2)16(13(3)4)14-10-8-7-9-11-14/h7-11,13,15-17H,5-6,12H2,1-4H3. The van der Waals surface area contributed by atoms with Crippen LogP contribution in [0.25, 0.3) is 0 Å². The van der Waals surface area contributed by atoms with Crippen molar-refractivity contribution < 1.29 is 0 Å². The van der Waals surface area contributed by atoms with E-state index in [1.807, 2.05) is 0 Å². The van der Waals surface area contributed by atoms with Crippen LogP contribution in [0.4, 0.5) is 0 Å². The van der Waals surface area contributed by atoms with Gasteiger partial charge in [0.15, 0.2) is 0 Å². The third-order valence-electron chi connectivity index (χ3n) is 3.43. The van der Waals surface area contributed by atoms with Crippen LogP contribution in [0.15, 0.2) is 30.3 Å². The van der Waals surface area contributed by atoms with Crippen molar-refractivity contribution in [3.8, 4) is 0 Å². The van der Waals surface area contributed by atoms with E-state index in [-0.39, 0.29) is 0 Å². The van der Waals surface area contributed by atoms with E-state index in [9.17, 15) is 0 Å². The van der Waals surface area contributed by atoms with Crippen molar-refractivity contribution in [2.45, 2.75) is 52.5 Å². The number of rotatable bonds is 7. The molecule has 2 atom stereocenters. The van der Waals surface area contributed by atoms with Crippen LogP contribution in [0, 0.1) is 5.92 Å². The van der Waals surface area contributed by atoms with Gasteiger partial charge in [0, 0.05) is 12.0 Å². The highest BCUT2D eigenvalue weighted by molar-refractivity contribution is 5.22. The molecule has 0 radical (unpaired) electrons. The first-order valence-corrected chi connectivity index (χ1v) is 6.99. The van der Waals surface area contributed by atoms with Crippen LogP contribution in [0.3, 0.4) is 0 Å². The summed E-state index contributed by atoms with van der Waals surface area (Å²) in [7, 11) is 0. The molecule has 0 saturated heterocycles. The molecule has 0 aliphatic carbocycles. The summed E-state index contributed by atoms with van der Waals surface area (Å²) in [4.78, 5) is 0. The zero-order valence-corrected chi connectivity index (χ0v) is 11.7. The molecule has 1 nitrogen and oxygen atoms in total. The van der Waals surface area contributed by atoms with Gasteiger partial charge in [-0.05, 0) is 30.9 Å². The molecule has 1 aromatic carbocycles. The second kappa shape index (κ2) is 7.50. The van der Waals surface area contributed by atoms with Gasteiger partial charge in [0.1, 0.15) is 0 Å². The summed E-state index contributed by atoms with van der Waals surface area (Å²) in [5, 5.41) is 3.70. The normalized spacial score (nSPS) is 14.9. The number of hydrogen-bond donors (Lipinski definition) is 1. The summed E-state index contributed by atoms with van der Waals surface area (Å²) < 4.78 is 0. The lowest BCUT2D eigenvalue weighted by atomic mass is 9.81. The fourth-order valence-corrected chi connectivity index (χ4v) is 2.61. The zero-order chi connectivity index (χ0) is 12.7. The maximum Gasteiger partial charge on any atom is 0.0136 e. The second-order valence-electron chi connectivity index (χ2n) is 5.15. The predicted molar refractivity (Wildman–Crippen MR) is 76.4 cm³/mol. The van der Waals surface area contributed by atoms with E-state index in [0.717, 1.165) is 6.54 Å². The molecule has 1 N–H and O–H groups in total. The van der Waals surface area contributed by atoms with Crippen molar-refractivity contribution >= 4 is 0 Å². The van der Waals surface area contributed by atoms with E-state index in [2.05, 4.69) is 63.3 Å². The molecule has 1 heteroatoms. The van der Waals surface area contributed by atoms with Crippen LogP contribution in [-0.4, -0.2) is 12.6 Å². The average Bonchev–Trinajstić information content (AvgIpc) is 2.35. The Morgan fingerprint density at radius 2 is 1.71 bits per heavy atom. The monoisotopic (exact) mass is 233 g/mol. The molecule has 0 aromatic heterocycles. The van der Waals surface area contributed by atoms with Gasteiger partial charge in [0.2, 0.25) is 0 Å². The molecule has 96 valence electrons. The molecule has 0 aliphatic rings. The van der Waals surface area contributed by atoms with E-state index in [1.54, 1.807) is 0 Å². The third-order valence-corrected chi connectivity index (χ3v) is 3.43. The minimum Gasteiger partial charge on any atom is -0.313 e. The quantitative estimate of drug-likeness (QED) is 0.744. The SMILES string of the molecule is CCCNC(CC)C(c1ccccc1)C(C)C. The summed E-state index contributed by atoms with van der Waals surface area (Å²) >= 11 is 0. The Kier molecular flexibility index (Phi) is 6.28. The molecule has 0 fully saturated rings. The van der Waals surface area contributed by atoms with Crippen molar-refractivity contribution in [3.05, 3.63) is 35.9 Å². The van der Waals surface area contributed by atoms with Gasteiger partial charge in [0.25, 0.3) is 0 Å². The van der Waals surface area contributed by atoms with Crippen molar-refractivity contribution in [3.63, 3.8) is 0 Å². The zero-order valence-electron chi connectivity index (χ0n) is 11.7. The Hall–Kier alpha value is -0.820. The number of hydrogen-bond acceptors (Lipinski definition) is 1. The maximum absolute atomic E-state index is 3.70. The topological polar surface area (TPSA) is 12.0 Å². The summed E-state index contributed by atoms with van der Waals surface area (Å²) in [5.41, 5.74) is 1.47. The van der Waals surface area contributed by atoms with Gasteiger partial charge in [-0.1, -0.05) is 58.0 Å². The molecule has 1 rings (SSSR count). The fraction of sp³-hybridized carbons (Fsp3) is 0.625. The first-order chi connectivity index (χ1) is 8.20. The Bertz CT molecular complexity index is 292. The van der Waals surface area contributed by atoms with Gasteiger partial charge in [-0.25, -0.2) is 0 Å². The Morgan fingerprint density at radius 3 is 2.18 bits per heavy atom. The highest BCUT2D eigenvalue weighted by atomic mass is 14.9. The Balaban J connectivity index is 2.83. The molecule has 0 spiro atoms. The number of nitrogens with one attached hydrogen (secondary N) is 1. The molecule has 17 heavy (non-hydrogen) atoms. The van der Waals surface area contributed by atoms with E-state index < -0.39 is 0 Å². The smallest absolute Gasteiger partial charge is 0.0136 e. The second-order valence-corrected chi connectivity index (χ2v) is 5.15. The van der Waals surface area contributed by atoms with Crippen molar-refractivity contribution in [1.29, 1.82) is 0 Å². The molecule has 0 amide bonds. The lowest BCUT2D eigenvalue weighted by molar-refractivity contribution is 0.350. The summed E-state index contributed by atoms with van der Waals surface area (Å²) in [6.45, 7) is 10.3. The van der Waals surface area contributed by atoms with E-state index >= 15 is 0 Å². The fourth-order valence-electron chi connectivity index (χ4n) is 2.61. The van der Waals surface area contributed by atoms with E-state index in [1.165, 1.54) is 18.4 Å². The maximum atomic E-state index is 3.70. The molecule has 0 aliphatic heterocycles. The molecule has 1 aromatic rings. The van der Waals surface area contributed by atoms with Crippen molar-refractivity contribution in [2.75, 3.05) is 6.54 Å².